The van der Waals surface area contributed by atoms with Gasteiger partial charge in [0.25, 0.3) is 0 Å². The maximum Gasteiger partial charge on any atom is 0.241 e. The second-order valence-corrected chi connectivity index (χ2v) is 6.27. The van der Waals surface area contributed by atoms with E-state index in [1.165, 1.54) is 0 Å². The zero-order valence-electron chi connectivity index (χ0n) is 12.9. The molecule has 7 heteroatoms. The van der Waals surface area contributed by atoms with Crippen molar-refractivity contribution >= 4 is 24.2 Å². The van der Waals surface area contributed by atoms with Crippen molar-refractivity contribution in [3.8, 4) is 0 Å². The summed E-state index contributed by atoms with van der Waals surface area (Å²) in [7, 11) is 0. The maximum absolute atomic E-state index is 12.5. The van der Waals surface area contributed by atoms with Crippen LogP contribution in [0.4, 0.5) is 0 Å². The molecule has 3 atom stereocenters. The number of nitrogens with two attached hydrogens (primary N) is 1. The SMILES string of the molecule is CCNC(=O)CNC(=O)C1(N)C2CCCOC2C1(C)C.Cl. The zero-order valence-corrected chi connectivity index (χ0v) is 13.7. The van der Waals surface area contributed by atoms with Gasteiger partial charge < -0.3 is 21.1 Å². The van der Waals surface area contributed by atoms with E-state index in [-0.39, 0.29) is 42.8 Å². The predicted octanol–water partition coefficient (Wildman–Crippen LogP) is 0.193. The third-order valence-electron chi connectivity index (χ3n) is 4.84. The van der Waals surface area contributed by atoms with Crippen molar-refractivity contribution in [2.45, 2.75) is 45.3 Å². The number of nitrogens with one attached hydrogen (secondary N) is 2. The van der Waals surface area contributed by atoms with E-state index in [0.717, 1.165) is 19.4 Å². The summed E-state index contributed by atoms with van der Waals surface area (Å²) in [4.78, 5) is 23.9. The molecule has 1 aliphatic heterocycles. The number of fused-ring (bicyclic) bond motifs is 1. The Morgan fingerprint density at radius 3 is 2.62 bits per heavy atom. The van der Waals surface area contributed by atoms with Gasteiger partial charge in [0.15, 0.2) is 0 Å². The van der Waals surface area contributed by atoms with Gasteiger partial charge in [-0.05, 0) is 19.8 Å². The number of rotatable bonds is 4. The van der Waals surface area contributed by atoms with Crippen LogP contribution >= 0.6 is 12.4 Å². The number of hydrogen-bond acceptors (Lipinski definition) is 4. The molecule has 6 nitrogen and oxygen atoms in total. The Bertz CT molecular complexity index is 416. The van der Waals surface area contributed by atoms with Crippen LogP contribution in [0.5, 0.6) is 0 Å². The first-order valence-corrected chi connectivity index (χ1v) is 7.31. The second-order valence-electron chi connectivity index (χ2n) is 6.27. The predicted molar refractivity (Wildman–Crippen MR) is 82.1 cm³/mol. The first kappa shape index (κ1) is 18.2. The molecule has 2 amide bonds. The average Bonchev–Trinajstić information content (AvgIpc) is 2.44. The van der Waals surface area contributed by atoms with E-state index in [1.54, 1.807) is 0 Å². The highest BCUT2D eigenvalue weighted by Crippen LogP contribution is 2.57. The summed E-state index contributed by atoms with van der Waals surface area (Å²) in [5.41, 5.74) is 5.05. The maximum atomic E-state index is 12.5. The van der Waals surface area contributed by atoms with Gasteiger partial charge in [0.05, 0.1) is 12.6 Å². The lowest BCUT2D eigenvalue weighted by Gasteiger charge is -2.65. The molecule has 2 aliphatic rings. The minimum atomic E-state index is -0.954. The molecule has 1 saturated carbocycles. The molecule has 2 fully saturated rings. The van der Waals surface area contributed by atoms with E-state index in [4.69, 9.17) is 10.5 Å². The van der Waals surface area contributed by atoms with E-state index >= 15 is 0 Å². The van der Waals surface area contributed by atoms with Gasteiger partial charge in [-0.1, -0.05) is 13.8 Å². The topological polar surface area (TPSA) is 93.5 Å². The van der Waals surface area contributed by atoms with Gasteiger partial charge in [0.2, 0.25) is 11.8 Å². The number of amides is 2. The lowest BCUT2D eigenvalue weighted by molar-refractivity contribution is -0.225. The van der Waals surface area contributed by atoms with Gasteiger partial charge in [0, 0.05) is 24.5 Å². The van der Waals surface area contributed by atoms with Gasteiger partial charge in [-0.25, -0.2) is 0 Å². The van der Waals surface area contributed by atoms with Crippen LogP contribution in [-0.2, 0) is 14.3 Å². The molecule has 3 unspecified atom stereocenters. The van der Waals surface area contributed by atoms with Crippen molar-refractivity contribution in [3.63, 3.8) is 0 Å². The van der Waals surface area contributed by atoms with Crippen LogP contribution in [0, 0.1) is 11.3 Å². The fourth-order valence-electron chi connectivity index (χ4n) is 3.60. The number of halogens is 1. The Labute approximate surface area is 132 Å². The monoisotopic (exact) mass is 319 g/mol. The van der Waals surface area contributed by atoms with Crippen LogP contribution in [0.15, 0.2) is 0 Å². The van der Waals surface area contributed by atoms with Crippen molar-refractivity contribution in [1.29, 1.82) is 0 Å². The lowest BCUT2D eigenvalue weighted by Crippen LogP contribution is -2.82. The summed E-state index contributed by atoms with van der Waals surface area (Å²) >= 11 is 0. The van der Waals surface area contributed by atoms with Crippen molar-refractivity contribution in [2.24, 2.45) is 17.1 Å². The van der Waals surface area contributed by atoms with Gasteiger partial charge in [-0.15, -0.1) is 12.4 Å². The highest BCUT2D eigenvalue weighted by Gasteiger charge is 2.70. The molecule has 2 rings (SSSR count). The van der Waals surface area contributed by atoms with Crippen molar-refractivity contribution in [2.75, 3.05) is 19.7 Å². The number of hydrogen-bond donors (Lipinski definition) is 3. The van der Waals surface area contributed by atoms with Crippen LogP contribution in [-0.4, -0.2) is 43.2 Å². The summed E-state index contributed by atoms with van der Waals surface area (Å²) < 4.78 is 5.76. The zero-order chi connectivity index (χ0) is 15.0. The van der Waals surface area contributed by atoms with Gasteiger partial charge in [-0.2, -0.15) is 0 Å². The lowest BCUT2D eigenvalue weighted by atomic mass is 9.46. The van der Waals surface area contributed by atoms with Crippen LogP contribution in [0.2, 0.25) is 0 Å². The van der Waals surface area contributed by atoms with Crippen molar-refractivity contribution in [3.05, 3.63) is 0 Å². The summed E-state index contributed by atoms with van der Waals surface area (Å²) in [5, 5.41) is 5.31. The smallest absolute Gasteiger partial charge is 0.241 e. The molecule has 0 aromatic carbocycles. The number of carbonyl (C=O) groups excluding carboxylic acids is 2. The van der Waals surface area contributed by atoms with Gasteiger partial charge in [0.1, 0.15) is 5.54 Å². The molecular formula is C14H26ClN3O3. The van der Waals surface area contributed by atoms with Gasteiger partial charge in [-0.3, -0.25) is 9.59 Å². The molecule has 0 aromatic heterocycles. The first-order valence-electron chi connectivity index (χ1n) is 7.31. The van der Waals surface area contributed by atoms with Crippen molar-refractivity contribution in [1.82, 2.24) is 10.6 Å². The highest BCUT2D eigenvalue weighted by atomic mass is 35.5. The number of carbonyl (C=O) groups is 2. The Hall–Kier alpha value is -0.850. The Morgan fingerprint density at radius 2 is 2.00 bits per heavy atom. The number of likely N-dealkylation sites (N-methyl/N-ethyl adjacent to an activating group) is 1. The summed E-state index contributed by atoms with van der Waals surface area (Å²) in [5.74, 6) is -0.404. The van der Waals surface area contributed by atoms with E-state index in [2.05, 4.69) is 10.6 Å². The summed E-state index contributed by atoms with van der Waals surface area (Å²) in [6.07, 6.45) is 1.87. The molecule has 0 radical (unpaired) electrons. The first-order chi connectivity index (χ1) is 9.35. The molecule has 0 aromatic rings. The van der Waals surface area contributed by atoms with E-state index in [9.17, 15) is 9.59 Å². The molecular weight excluding hydrogens is 294 g/mol. The molecule has 1 saturated heterocycles. The fraction of sp³-hybridized carbons (Fsp3) is 0.857. The van der Waals surface area contributed by atoms with E-state index in [0.29, 0.717) is 6.54 Å². The van der Waals surface area contributed by atoms with Crippen LogP contribution < -0.4 is 16.4 Å². The Morgan fingerprint density at radius 1 is 1.33 bits per heavy atom. The fourth-order valence-corrected chi connectivity index (χ4v) is 3.60. The average molecular weight is 320 g/mol. The quantitative estimate of drug-likeness (QED) is 0.689. The Balaban J connectivity index is 0.00000220. The third kappa shape index (κ3) is 2.76. The van der Waals surface area contributed by atoms with E-state index in [1.807, 2.05) is 20.8 Å². The molecule has 0 spiro atoms. The largest absolute Gasteiger partial charge is 0.377 e. The van der Waals surface area contributed by atoms with E-state index < -0.39 is 11.0 Å². The third-order valence-corrected chi connectivity index (χ3v) is 4.84. The second kappa shape index (κ2) is 6.50. The highest BCUT2D eigenvalue weighted by molar-refractivity contribution is 5.92. The van der Waals surface area contributed by atoms with Crippen LogP contribution in [0.25, 0.3) is 0 Å². The molecule has 1 heterocycles. The normalized spacial score (nSPS) is 33.0. The number of ether oxygens (including phenoxy) is 1. The standard InChI is InChI=1S/C14H25N3O3.ClH/c1-4-16-10(18)8-17-12(19)14(15)9-6-5-7-20-11(9)13(14,2)3;/h9,11H,4-8,15H2,1-3H3,(H,16,18)(H,17,19);1H. The summed E-state index contributed by atoms with van der Waals surface area (Å²) in [6.45, 7) is 7.02. The molecule has 21 heavy (non-hydrogen) atoms. The van der Waals surface area contributed by atoms with Crippen molar-refractivity contribution < 1.29 is 14.3 Å². The summed E-state index contributed by atoms with van der Waals surface area (Å²) in [6, 6.07) is 0. The molecule has 1 aliphatic carbocycles. The molecule has 122 valence electrons. The molecule has 0 bridgehead atoms. The van der Waals surface area contributed by atoms with Gasteiger partial charge >= 0.3 is 0 Å². The minimum Gasteiger partial charge on any atom is -0.377 e. The minimum absolute atomic E-state index is 0. The van der Waals surface area contributed by atoms with Crippen LogP contribution in [0.3, 0.4) is 0 Å². The molecule has 4 N–H and O–H groups in total. The Kier molecular flexibility index (Phi) is 5.63. The van der Waals surface area contributed by atoms with Crippen LogP contribution in [0.1, 0.15) is 33.6 Å².